The average molecular weight is 290 g/mol. The molecular weight excluding hydrogens is 268 g/mol. The molecule has 0 aliphatic rings. The molecule has 0 aromatic heterocycles. The number of hydrogen-bond acceptors (Lipinski definition) is 3. The Morgan fingerprint density at radius 1 is 1.24 bits per heavy atom. The maximum absolute atomic E-state index is 11.7. The van der Waals surface area contributed by atoms with Gasteiger partial charge in [-0.25, -0.2) is 0 Å². The molecule has 21 heavy (non-hydrogen) atoms. The van der Waals surface area contributed by atoms with E-state index in [2.05, 4.69) is 5.32 Å². The van der Waals surface area contributed by atoms with Crippen LogP contribution in [0.3, 0.4) is 0 Å². The lowest BCUT2D eigenvalue weighted by atomic mass is 10.1. The van der Waals surface area contributed by atoms with Gasteiger partial charge in [-0.2, -0.15) is 0 Å². The molecular formula is C16H22N2O3. The fourth-order valence-electron chi connectivity index (χ4n) is 1.65. The Morgan fingerprint density at radius 3 is 2.48 bits per heavy atom. The van der Waals surface area contributed by atoms with Gasteiger partial charge >= 0.3 is 0 Å². The van der Waals surface area contributed by atoms with E-state index in [1.54, 1.807) is 39.4 Å². The third kappa shape index (κ3) is 6.23. The number of methoxy groups -OCH3 is 1. The SMILES string of the molecule is COCCCNC(=O)/C=C/c1ccc(C(=O)N(C)C)cc1. The zero-order valence-electron chi connectivity index (χ0n) is 12.8. The standard InChI is InChI=1S/C16H22N2O3/c1-18(2)16(20)14-8-5-13(6-9-14)7-10-15(19)17-11-4-12-21-3/h5-10H,4,11-12H2,1-3H3,(H,17,19)/b10-7+. The molecule has 0 saturated carbocycles. The highest BCUT2D eigenvalue weighted by atomic mass is 16.5. The van der Waals surface area contributed by atoms with Gasteiger partial charge in [0.05, 0.1) is 0 Å². The van der Waals surface area contributed by atoms with Crippen LogP contribution in [0.25, 0.3) is 6.08 Å². The van der Waals surface area contributed by atoms with Crippen LogP contribution in [0.5, 0.6) is 0 Å². The van der Waals surface area contributed by atoms with Gasteiger partial charge in [-0.15, -0.1) is 0 Å². The summed E-state index contributed by atoms with van der Waals surface area (Å²) in [5.74, 6) is -0.180. The average Bonchev–Trinajstić information content (AvgIpc) is 2.49. The van der Waals surface area contributed by atoms with E-state index in [-0.39, 0.29) is 11.8 Å². The maximum atomic E-state index is 11.7. The molecule has 0 aliphatic heterocycles. The van der Waals surface area contributed by atoms with Crippen LogP contribution in [-0.2, 0) is 9.53 Å². The van der Waals surface area contributed by atoms with Gasteiger partial charge in [0.2, 0.25) is 5.91 Å². The summed E-state index contributed by atoms with van der Waals surface area (Å²) in [5.41, 5.74) is 1.50. The number of nitrogens with one attached hydrogen (secondary N) is 1. The highest BCUT2D eigenvalue weighted by Gasteiger charge is 2.06. The first-order valence-corrected chi connectivity index (χ1v) is 6.81. The Hall–Kier alpha value is -2.14. The van der Waals surface area contributed by atoms with Crippen molar-refractivity contribution in [1.29, 1.82) is 0 Å². The highest BCUT2D eigenvalue weighted by Crippen LogP contribution is 2.07. The van der Waals surface area contributed by atoms with Gasteiger partial charge in [-0.05, 0) is 30.2 Å². The van der Waals surface area contributed by atoms with Crippen LogP contribution in [0.15, 0.2) is 30.3 Å². The van der Waals surface area contributed by atoms with Crippen molar-refractivity contribution in [2.45, 2.75) is 6.42 Å². The fraction of sp³-hybridized carbons (Fsp3) is 0.375. The maximum Gasteiger partial charge on any atom is 0.253 e. The zero-order valence-corrected chi connectivity index (χ0v) is 12.8. The van der Waals surface area contributed by atoms with Gasteiger partial charge in [0, 0.05) is 46.0 Å². The van der Waals surface area contributed by atoms with Crippen molar-refractivity contribution in [3.8, 4) is 0 Å². The largest absolute Gasteiger partial charge is 0.385 e. The Morgan fingerprint density at radius 2 is 1.90 bits per heavy atom. The molecule has 1 rings (SSSR count). The molecule has 1 aromatic rings. The third-order valence-corrected chi connectivity index (χ3v) is 2.82. The monoisotopic (exact) mass is 290 g/mol. The van der Waals surface area contributed by atoms with E-state index >= 15 is 0 Å². The summed E-state index contributed by atoms with van der Waals surface area (Å²) < 4.78 is 4.90. The molecule has 0 spiro atoms. The molecule has 1 aromatic carbocycles. The van der Waals surface area contributed by atoms with E-state index in [4.69, 9.17) is 4.74 Å². The number of carbonyl (C=O) groups is 2. The molecule has 0 saturated heterocycles. The van der Waals surface area contributed by atoms with E-state index in [0.717, 1.165) is 12.0 Å². The Labute approximate surface area is 125 Å². The van der Waals surface area contributed by atoms with Gasteiger partial charge < -0.3 is 15.0 Å². The Kier molecular flexibility index (Phi) is 7.18. The minimum Gasteiger partial charge on any atom is -0.385 e. The van der Waals surface area contributed by atoms with E-state index < -0.39 is 0 Å². The highest BCUT2D eigenvalue weighted by molar-refractivity contribution is 5.94. The number of ether oxygens (including phenoxy) is 1. The molecule has 114 valence electrons. The normalized spacial score (nSPS) is 10.6. The molecule has 1 N–H and O–H groups in total. The zero-order chi connectivity index (χ0) is 15.7. The smallest absolute Gasteiger partial charge is 0.253 e. The van der Waals surface area contributed by atoms with Gasteiger partial charge in [0.15, 0.2) is 0 Å². The number of nitrogens with zero attached hydrogens (tertiary/aromatic N) is 1. The topological polar surface area (TPSA) is 58.6 Å². The van der Waals surface area contributed by atoms with Crippen molar-refractivity contribution in [2.75, 3.05) is 34.4 Å². The Bertz CT molecular complexity index is 493. The third-order valence-electron chi connectivity index (χ3n) is 2.82. The number of amides is 2. The van der Waals surface area contributed by atoms with Crippen molar-refractivity contribution in [2.24, 2.45) is 0 Å². The Balaban J connectivity index is 2.49. The fourth-order valence-corrected chi connectivity index (χ4v) is 1.65. The van der Waals surface area contributed by atoms with Gasteiger partial charge in [-0.3, -0.25) is 9.59 Å². The molecule has 5 nitrogen and oxygen atoms in total. The van der Waals surface area contributed by atoms with Gasteiger partial charge in [0.25, 0.3) is 5.91 Å². The first-order chi connectivity index (χ1) is 10.0. The number of hydrogen-bond donors (Lipinski definition) is 1. The van der Waals surface area contributed by atoms with Crippen LogP contribution < -0.4 is 5.32 Å². The lowest BCUT2D eigenvalue weighted by molar-refractivity contribution is -0.116. The summed E-state index contributed by atoms with van der Waals surface area (Å²) in [4.78, 5) is 24.8. The molecule has 0 aliphatic carbocycles. The molecule has 0 atom stereocenters. The van der Waals surface area contributed by atoms with E-state index in [1.807, 2.05) is 12.1 Å². The van der Waals surface area contributed by atoms with E-state index in [0.29, 0.717) is 18.7 Å². The summed E-state index contributed by atoms with van der Waals surface area (Å²) in [6, 6.07) is 7.12. The number of rotatable bonds is 7. The van der Waals surface area contributed by atoms with Gasteiger partial charge in [0.1, 0.15) is 0 Å². The second-order valence-corrected chi connectivity index (χ2v) is 4.79. The minimum atomic E-state index is -0.139. The van der Waals surface area contributed by atoms with Crippen LogP contribution in [-0.4, -0.2) is 51.1 Å². The first-order valence-electron chi connectivity index (χ1n) is 6.81. The molecule has 2 amide bonds. The van der Waals surface area contributed by atoms with Crippen molar-refractivity contribution in [1.82, 2.24) is 10.2 Å². The van der Waals surface area contributed by atoms with Crippen molar-refractivity contribution < 1.29 is 14.3 Å². The number of benzene rings is 1. The molecule has 5 heteroatoms. The van der Waals surface area contributed by atoms with Crippen LogP contribution in [0.1, 0.15) is 22.3 Å². The van der Waals surface area contributed by atoms with Crippen LogP contribution in [0.4, 0.5) is 0 Å². The minimum absolute atomic E-state index is 0.0404. The second-order valence-electron chi connectivity index (χ2n) is 4.79. The lowest BCUT2D eigenvalue weighted by Gasteiger charge is -2.09. The number of carbonyl (C=O) groups excluding carboxylic acids is 2. The summed E-state index contributed by atoms with van der Waals surface area (Å²) in [5, 5.41) is 2.77. The second kappa shape index (κ2) is 8.92. The van der Waals surface area contributed by atoms with E-state index in [1.165, 1.54) is 11.0 Å². The van der Waals surface area contributed by atoms with Crippen LogP contribution in [0.2, 0.25) is 0 Å². The summed E-state index contributed by atoms with van der Waals surface area (Å²) >= 11 is 0. The van der Waals surface area contributed by atoms with Crippen molar-refractivity contribution in [3.05, 3.63) is 41.5 Å². The molecule has 0 unspecified atom stereocenters. The molecule has 0 heterocycles. The van der Waals surface area contributed by atoms with E-state index in [9.17, 15) is 9.59 Å². The summed E-state index contributed by atoms with van der Waals surface area (Å²) in [6.45, 7) is 1.22. The first kappa shape index (κ1) is 16.9. The molecule has 0 fully saturated rings. The molecule has 0 radical (unpaired) electrons. The van der Waals surface area contributed by atoms with Crippen molar-refractivity contribution >= 4 is 17.9 Å². The quantitative estimate of drug-likeness (QED) is 0.612. The van der Waals surface area contributed by atoms with Crippen LogP contribution in [0, 0.1) is 0 Å². The predicted octanol–water partition coefficient (Wildman–Crippen LogP) is 1.55. The van der Waals surface area contributed by atoms with Crippen LogP contribution >= 0.6 is 0 Å². The summed E-state index contributed by atoms with van der Waals surface area (Å²) in [7, 11) is 5.06. The lowest BCUT2D eigenvalue weighted by Crippen LogP contribution is -2.22. The molecule has 0 bridgehead atoms. The van der Waals surface area contributed by atoms with Crippen molar-refractivity contribution in [3.63, 3.8) is 0 Å². The predicted molar refractivity (Wildman–Crippen MR) is 83.0 cm³/mol. The van der Waals surface area contributed by atoms with Gasteiger partial charge in [-0.1, -0.05) is 12.1 Å². The summed E-state index contributed by atoms with van der Waals surface area (Å²) in [6.07, 6.45) is 3.99.